The number of benzene rings is 1. The zero-order valence-corrected chi connectivity index (χ0v) is 11.9. The first-order chi connectivity index (χ1) is 9.10. The van der Waals surface area contributed by atoms with Crippen LogP contribution in [-0.4, -0.2) is 53.6 Å². The van der Waals surface area contributed by atoms with Gasteiger partial charge in [0.05, 0.1) is 5.56 Å². The third-order valence-electron chi connectivity index (χ3n) is 3.61. The van der Waals surface area contributed by atoms with Gasteiger partial charge in [0.2, 0.25) is 0 Å². The molecule has 5 heteroatoms. The average molecular weight is 283 g/mol. The van der Waals surface area contributed by atoms with Gasteiger partial charge >= 0.3 is 5.97 Å². The van der Waals surface area contributed by atoms with Gasteiger partial charge in [-0.25, -0.2) is 4.79 Å². The van der Waals surface area contributed by atoms with Gasteiger partial charge in [0.15, 0.2) is 0 Å². The monoisotopic (exact) mass is 282 g/mol. The lowest BCUT2D eigenvalue weighted by Crippen LogP contribution is -2.45. The number of carboxylic acids is 1. The molecule has 1 fully saturated rings. The smallest absolute Gasteiger partial charge is 0.335 e. The molecule has 0 spiro atoms. The average Bonchev–Trinajstić information content (AvgIpc) is 2.41. The highest BCUT2D eigenvalue weighted by atomic mass is 35.5. The van der Waals surface area contributed by atoms with E-state index in [4.69, 9.17) is 16.7 Å². The van der Waals surface area contributed by atoms with Crippen LogP contribution in [0.2, 0.25) is 5.02 Å². The van der Waals surface area contributed by atoms with Crippen LogP contribution in [0.3, 0.4) is 0 Å². The van der Waals surface area contributed by atoms with Crippen LogP contribution in [-0.2, 0) is 6.54 Å². The van der Waals surface area contributed by atoms with E-state index in [9.17, 15) is 4.79 Å². The van der Waals surface area contributed by atoms with Gasteiger partial charge in [-0.3, -0.25) is 4.90 Å². The van der Waals surface area contributed by atoms with Gasteiger partial charge in [-0.05, 0) is 24.2 Å². The zero-order valence-electron chi connectivity index (χ0n) is 11.1. The Morgan fingerprint density at radius 2 is 1.89 bits per heavy atom. The molecule has 1 aliphatic rings. The molecule has 1 aromatic rings. The Morgan fingerprint density at radius 3 is 2.42 bits per heavy atom. The predicted molar refractivity (Wildman–Crippen MR) is 75.8 cm³/mol. The van der Waals surface area contributed by atoms with Gasteiger partial charge in [-0.15, -0.1) is 0 Å². The van der Waals surface area contributed by atoms with Crippen molar-refractivity contribution in [3.8, 4) is 0 Å². The highest BCUT2D eigenvalue weighted by Crippen LogP contribution is 2.20. The lowest BCUT2D eigenvalue weighted by atomic mass is 10.1. The summed E-state index contributed by atoms with van der Waals surface area (Å²) < 4.78 is 0. The standard InChI is InChI=1S/C14H19ClN2O2/c1-2-16-5-7-17(8-6-16)10-12-4-3-11(14(18)19)9-13(12)15/h3-4,9H,2,5-8,10H2,1H3,(H,18,19). The first kappa shape index (κ1) is 14.3. The fourth-order valence-corrected chi connectivity index (χ4v) is 2.55. The normalized spacial score (nSPS) is 17.6. The summed E-state index contributed by atoms with van der Waals surface area (Å²) in [4.78, 5) is 15.6. The molecule has 1 N–H and O–H groups in total. The molecule has 0 aliphatic carbocycles. The van der Waals surface area contributed by atoms with E-state index < -0.39 is 5.97 Å². The van der Waals surface area contributed by atoms with E-state index in [1.165, 1.54) is 6.07 Å². The van der Waals surface area contributed by atoms with E-state index >= 15 is 0 Å². The molecular weight excluding hydrogens is 264 g/mol. The van der Waals surface area contributed by atoms with Crippen molar-refractivity contribution in [1.82, 2.24) is 9.80 Å². The number of carbonyl (C=O) groups is 1. The largest absolute Gasteiger partial charge is 0.478 e. The highest BCUT2D eigenvalue weighted by molar-refractivity contribution is 6.31. The molecule has 0 saturated carbocycles. The number of rotatable bonds is 4. The summed E-state index contributed by atoms with van der Waals surface area (Å²) in [6, 6.07) is 4.96. The zero-order chi connectivity index (χ0) is 13.8. The van der Waals surface area contributed by atoms with E-state index in [0.717, 1.165) is 44.8 Å². The maximum Gasteiger partial charge on any atom is 0.335 e. The summed E-state index contributed by atoms with van der Waals surface area (Å²) in [5, 5.41) is 9.44. The summed E-state index contributed by atoms with van der Waals surface area (Å²) in [7, 11) is 0. The topological polar surface area (TPSA) is 43.8 Å². The molecule has 1 heterocycles. The number of likely N-dealkylation sites (N-methyl/N-ethyl adjacent to an activating group) is 1. The number of halogens is 1. The second-order valence-electron chi connectivity index (χ2n) is 4.82. The Hall–Kier alpha value is -1.10. The maximum atomic E-state index is 10.8. The maximum absolute atomic E-state index is 10.8. The van der Waals surface area contributed by atoms with E-state index in [2.05, 4.69) is 16.7 Å². The molecule has 0 amide bonds. The SMILES string of the molecule is CCN1CCN(Cc2ccc(C(=O)O)cc2Cl)CC1. The van der Waals surface area contributed by atoms with Crippen LogP contribution >= 0.6 is 11.6 Å². The molecule has 0 aromatic heterocycles. The van der Waals surface area contributed by atoms with E-state index in [1.807, 2.05) is 6.07 Å². The van der Waals surface area contributed by atoms with Gasteiger partial charge in [0, 0.05) is 37.7 Å². The Morgan fingerprint density at radius 1 is 1.26 bits per heavy atom. The second-order valence-corrected chi connectivity index (χ2v) is 5.23. The molecule has 1 aromatic carbocycles. The molecule has 4 nitrogen and oxygen atoms in total. The summed E-state index contributed by atoms with van der Waals surface area (Å²) in [5.41, 5.74) is 1.24. The number of carboxylic acid groups (broad SMARTS) is 1. The quantitative estimate of drug-likeness (QED) is 0.919. The second kappa shape index (κ2) is 6.37. The van der Waals surface area contributed by atoms with Gasteiger partial charge in [0.25, 0.3) is 0 Å². The van der Waals surface area contributed by atoms with Gasteiger partial charge in [-0.2, -0.15) is 0 Å². The van der Waals surface area contributed by atoms with Crippen molar-refractivity contribution in [2.24, 2.45) is 0 Å². The van der Waals surface area contributed by atoms with Crippen LogP contribution in [0, 0.1) is 0 Å². The lowest BCUT2D eigenvalue weighted by Gasteiger charge is -2.34. The van der Waals surface area contributed by atoms with Crippen molar-refractivity contribution >= 4 is 17.6 Å². The molecule has 1 aliphatic heterocycles. The van der Waals surface area contributed by atoms with Crippen LogP contribution in [0.4, 0.5) is 0 Å². The molecule has 104 valence electrons. The molecule has 0 bridgehead atoms. The van der Waals surface area contributed by atoms with Gasteiger partial charge < -0.3 is 10.0 Å². The van der Waals surface area contributed by atoms with Crippen LogP contribution in [0.5, 0.6) is 0 Å². The van der Waals surface area contributed by atoms with E-state index in [-0.39, 0.29) is 5.56 Å². The summed E-state index contributed by atoms with van der Waals surface area (Å²) in [6.07, 6.45) is 0. The molecule has 0 radical (unpaired) electrons. The molecule has 1 saturated heterocycles. The first-order valence-corrected chi connectivity index (χ1v) is 6.94. The van der Waals surface area contributed by atoms with Crippen molar-refractivity contribution < 1.29 is 9.90 Å². The highest BCUT2D eigenvalue weighted by Gasteiger charge is 2.17. The summed E-state index contributed by atoms with van der Waals surface area (Å²) >= 11 is 6.15. The number of piperazine rings is 1. The van der Waals surface area contributed by atoms with Gasteiger partial charge in [0.1, 0.15) is 0 Å². The first-order valence-electron chi connectivity index (χ1n) is 6.56. The molecule has 0 atom stereocenters. The fourth-order valence-electron chi connectivity index (χ4n) is 2.31. The molecule has 0 unspecified atom stereocenters. The fraction of sp³-hybridized carbons (Fsp3) is 0.500. The van der Waals surface area contributed by atoms with Crippen molar-refractivity contribution in [2.45, 2.75) is 13.5 Å². The summed E-state index contributed by atoms with van der Waals surface area (Å²) in [6.45, 7) is 8.30. The van der Waals surface area contributed by atoms with Crippen molar-refractivity contribution in [2.75, 3.05) is 32.7 Å². The van der Waals surface area contributed by atoms with Crippen LogP contribution in [0.15, 0.2) is 18.2 Å². The van der Waals surface area contributed by atoms with Crippen molar-refractivity contribution in [3.05, 3.63) is 34.3 Å². The van der Waals surface area contributed by atoms with Crippen LogP contribution < -0.4 is 0 Å². The molecular formula is C14H19ClN2O2. The third kappa shape index (κ3) is 3.69. The molecule has 19 heavy (non-hydrogen) atoms. The number of nitrogens with zero attached hydrogens (tertiary/aromatic N) is 2. The van der Waals surface area contributed by atoms with E-state index in [1.54, 1.807) is 6.07 Å². The van der Waals surface area contributed by atoms with Crippen LogP contribution in [0.25, 0.3) is 0 Å². The molecule has 2 rings (SSSR count). The number of hydrogen-bond acceptors (Lipinski definition) is 3. The Kier molecular flexibility index (Phi) is 4.80. The Bertz CT molecular complexity index is 457. The Labute approximate surface area is 118 Å². The minimum Gasteiger partial charge on any atom is -0.478 e. The third-order valence-corrected chi connectivity index (χ3v) is 3.96. The van der Waals surface area contributed by atoms with Gasteiger partial charge in [-0.1, -0.05) is 24.6 Å². The number of aromatic carboxylic acids is 1. The Balaban J connectivity index is 1.98. The lowest BCUT2D eigenvalue weighted by molar-refractivity contribution is 0.0697. The number of hydrogen-bond donors (Lipinski definition) is 1. The van der Waals surface area contributed by atoms with E-state index in [0.29, 0.717) is 5.02 Å². The minimum absolute atomic E-state index is 0.240. The van der Waals surface area contributed by atoms with Crippen LogP contribution in [0.1, 0.15) is 22.8 Å². The summed E-state index contributed by atoms with van der Waals surface area (Å²) in [5.74, 6) is -0.940. The van der Waals surface area contributed by atoms with Crippen molar-refractivity contribution in [3.63, 3.8) is 0 Å². The van der Waals surface area contributed by atoms with Crippen molar-refractivity contribution in [1.29, 1.82) is 0 Å². The predicted octanol–water partition coefficient (Wildman–Crippen LogP) is 2.18. The minimum atomic E-state index is -0.940.